The molecule has 6 nitrogen and oxygen atoms in total. The molecule has 0 radical (unpaired) electrons. The third-order valence-electron chi connectivity index (χ3n) is 4.36. The van der Waals surface area contributed by atoms with Gasteiger partial charge < -0.3 is 19.7 Å². The van der Waals surface area contributed by atoms with Crippen molar-refractivity contribution in [2.24, 2.45) is 5.41 Å². The molecule has 1 aromatic carbocycles. The maximum atomic E-state index is 12.3. The van der Waals surface area contributed by atoms with Gasteiger partial charge in [0.05, 0.1) is 6.61 Å². The number of piperidine rings is 1. The lowest BCUT2D eigenvalue weighted by Crippen LogP contribution is -2.49. The smallest absolute Gasteiger partial charge is 0.260 e. The van der Waals surface area contributed by atoms with Crippen molar-refractivity contribution in [3.8, 4) is 11.5 Å². The third-order valence-corrected chi connectivity index (χ3v) is 4.36. The van der Waals surface area contributed by atoms with E-state index in [-0.39, 0.29) is 24.5 Å². The summed E-state index contributed by atoms with van der Waals surface area (Å²) in [6, 6.07) is 7.39. The van der Waals surface area contributed by atoms with Crippen LogP contribution in [0.15, 0.2) is 24.3 Å². The molecule has 0 saturated carbocycles. The van der Waals surface area contributed by atoms with Crippen LogP contribution < -0.4 is 14.8 Å². The van der Waals surface area contributed by atoms with Crippen molar-refractivity contribution >= 4 is 11.8 Å². The van der Waals surface area contributed by atoms with Crippen LogP contribution in [0.4, 0.5) is 0 Å². The fourth-order valence-corrected chi connectivity index (χ4v) is 2.71. The second-order valence-electron chi connectivity index (χ2n) is 7.57. The summed E-state index contributed by atoms with van der Waals surface area (Å²) in [4.78, 5) is 26.2. The topological polar surface area (TPSA) is 67.9 Å². The van der Waals surface area contributed by atoms with Gasteiger partial charge in [-0.3, -0.25) is 9.59 Å². The summed E-state index contributed by atoms with van der Waals surface area (Å²) in [5, 5.41) is 3.07. The van der Waals surface area contributed by atoms with E-state index in [1.165, 1.54) is 0 Å². The summed E-state index contributed by atoms with van der Waals surface area (Å²) in [6.07, 6.45) is 1.55. The number of ether oxygens (including phenoxy) is 2. The maximum absolute atomic E-state index is 12.3. The molecular weight excluding hydrogens is 332 g/mol. The highest BCUT2D eigenvalue weighted by Gasteiger charge is 2.28. The highest BCUT2D eigenvalue weighted by atomic mass is 16.5. The lowest BCUT2D eigenvalue weighted by atomic mass is 9.94. The monoisotopic (exact) mass is 362 g/mol. The SMILES string of the molecule is CCOc1ccc(OCC(=O)N2CCC(NC(=O)C(C)(C)C)CC2)cc1. The molecule has 6 heteroatoms. The van der Waals surface area contributed by atoms with Crippen LogP contribution in [0.5, 0.6) is 11.5 Å². The molecule has 0 unspecified atom stereocenters. The number of benzene rings is 1. The molecule has 0 aromatic heterocycles. The van der Waals surface area contributed by atoms with Crippen LogP contribution >= 0.6 is 0 Å². The first-order valence-corrected chi connectivity index (χ1v) is 9.24. The lowest BCUT2D eigenvalue weighted by Gasteiger charge is -2.33. The minimum absolute atomic E-state index is 0.0208. The zero-order chi connectivity index (χ0) is 19.2. The summed E-state index contributed by atoms with van der Waals surface area (Å²) in [7, 11) is 0. The van der Waals surface area contributed by atoms with Gasteiger partial charge in [-0.1, -0.05) is 20.8 Å². The largest absolute Gasteiger partial charge is 0.494 e. The van der Waals surface area contributed by atoms with Gasteiger partial charge >= 0.3 is 0 Å². The zero-order valence-corrected chi connectivity index (χ0v) is 16.2. The predicted molar refractivity (Wildman–Crippen MR) is 100 cm³/mol. The molecule has 1 aliphatic heterocycles. The summed E-state index contributed by atoms with van der Waals surface area (Å²) in [5.74, 6) is 1.46. The van der Waals surface area contributed by atoms with Crippen LogP contribution in [0.25, 0.3) is 0 Å². The molecular formula is C20H30N2O4. The minimum Gasteiger partial charge on any atom is -0.494 e. The first kappa shape index (κ1) is 20.1. The number of hydrogen-bond acceptors (Lipinski definition) is 4. The number of nitrogens with one attached hydrogen (secondary N) is 1. The highest BCUT2D eigenvalue weighted by molar-refractivity contribution is 5.81. The first-order valence-electron chi connectivity index (χ1n) is 9.24. The molecule has 1 heterocycles. The molecule has 2 rings (SSSR count). The van der Waals surface area contributed by atoms with Gasteiger partial charge in [-0.2, -0.15) is 0 Å². The maximum Gasteiger partial charge on any atom is 0.260 e. The number of rotatable bonds is 6. The average Bonchev–Trinajstić information content (AvgIpc) is 2.61. The van der Waals surface area contributed by atoms with Gasteiger partial charge in [0.15, 0.2) is 6.61 Å². The molecule has 26 heavy (non-hydrogen) atoms. The van der Waals surface area contributed by atoms with Crippen molar-refractivity contribution in [2.75, 3.05) is 26.3 Å². The molecule has 1 saturated heterocycles. The molecule has 0 bridgehead atoms. The number of carbonyl (C=O) groups excluding carboxylic acids is 2. The molecule has 1 fully saturated rings. The molecule has 0 spiro atoms. The average molecular weight is 362 g/mol. The number of amides is 2. The zero-order valence-electron chi connectivity index (χ0n) is 16.2. The molecule has 144 valence electrons. The fraction of sp³-hybridized carbons (Fsp3) is 0.600. The quantitative estimate of drug-likeness (QED) is 0.845. The van der Waals surface area contributed by atoms with Gasteiger partial charge in [0, 0.05) is 24.5 Å². The van der Waals surface area contributed by atoms with E-state index in [0.29, 0.717) is 25.4 Å². The first-order chi connectivity index (χ1) is 12.3. The van der Waals surface area contributed by atoms with Crippen LogP contribution in [-0.2, 0) is 9.59 Å². The van der Waals surface area contributed by atoms with Gasteiger partial charge in [0.1, 0.15) is 11.5 Å². The number of nitrogens with zero attached hydrogens (tertiary/aromatic N) is 1. The standard InChI is InChI=1S/C20H30N2O4/c1-5-25-16-6-8-17(9-7-16)26-14-18(23)22-12-10-15(11-13-22)21-19(24)20(2,3)4/h6-9,15H,5,10-14H2,1-4H3,(H,21,24). The van der Waals surface area contributed by atoms with Crippen molar-refractivity contribution in [3.05, 3.63) is 24.3 Å². The van der Waals surface area contributed by atoms with Crippen LogP contribution in [0.3, 0.4) is 0 Å². The van der Waals surface area contributed by atoms with E-state index in [1.807, 2.05) is 39.8 Å². The predicted octanol–water partition coefficient (Wildman–Crippen LogP) is 2.62. The van der Waals surface area contributed by atoms with Crippen molar-refractivity contribution in [2.45, 2.75) is 46.6 Å². The van der Waals surface area contributed by atoms with Gasteiger partial charge in [0.25, 0.3) is 5.91 Å². The fourth-order valence-electron chi connectivity index (χ4n) is 2.71. The Hall–Kier alpha value is -2.24. The molecule has 0 aliphatic carbocycles. The van der Waals surface area contributed by atoms with E-state index in [0.717, 1.165) is 18.6 Å². The Bertz CT molecular complexity index is 599. The third kappa shape index (κ3) is 5.93. The van der Waals surface area contributed by atoms with Crippen molar-refractivity contribution in [3.63, 3.8) is 0 Å². The molecule has 1 aliphatic rings. The number of likely N-dealkylation sites (tertiary alicyclic amines) is 1. The lowest BCUT2D eigenvalue weighted by molar-refractivity contribution is -0.134. The molecule has 1 aromatic rings. The Morgan fingerprint density at radius 1 is 1.08 bits per heavy atom. The van der Waals surface area contributed by atoms with Crippen LogP contribution in [0.2, 0.25) is 0 Å². The van der Waals surface area contributed by atoms with Crippen LogP contribution in [0.1, 0.15) is 40.5 Å². The van der Waals surface area contributed by atoms with Gasteiger partial charge in [0.2, 0.25) is 5.91 Å². The Kier molecular flexibility index (Phi) is 6.89. The van der Waals surface area contributed by atoms with Gasteiger partial charge in [-0.05, 0) is 44.0 Å². The van der Waals surface area contributed by atoms with E-state index in [2.05, 4.69) is 5.32 Å². The number of hydrogen-bond donors (Lipinski definition) is 1. The normalized spacial score (nSPS) is 15.5. The summed E-state index contributed by atoms with van der Waals surface area (Å²) >= 11 is 0. The number of carbonyl (C=O) groups is 2. The van der Waals surface area contributed by atoms with E-state index in [9.17, 15) is 9.59 Å². The van der Waals surface area contributed by atoms with Crippen LogP contribution in [0, 0.1) is 5.41 Å². The van der Waals surface area contributed by atoms with E-state index >= 15 is 0 Å². The highest BCUT2D eigenvalue weighted by Crippen LogP contribution is 2.19. The summed E-state index contributed by atoms with van der Waals surface area (Å²) in [6.45, 7) is 9.55. The van der Waals surface area contributed by atoms with Crippen molar-refractivity contribution < 1.29 is 19.1 Å². The second-order valence-corrected chi connectivity index (χ2v) is 7.57. The second kappa shape index (κ2) is 8.92. The van der Waals surface area contributed by atoms with Crippen molar-refractivity contribution in [1.29, 1.82) is 0 Å². The Labute approximate surface area is 155 Å². The van der Waals surface area contributed by atoms with Gasteiger partial charge in [-0.15, -0.1) is 0 Å². The molecule has 1 N–H and O–H groups in total. The van der Waals surface area contributed by atoms with E-state index in [1.54, 1.807) is 17.0 Å². The van der Waals surface area contributed by atoms with Crippen LogP contribution in [-0.4, -0.2) is 49.1 Å². The molecule has 2 amide bonds. The van der Waals surface area contributed by atoms with Gasteiger partial charge in [-0.25, -0.2) is 0 Å². The van der Waals surface area contributed by atoms with E-state index < -0.39 is 5.41 Å². The summed E-state index contributed by atoms with van der Waals surface area (Å²) in [5.41, 5.74) is -0.390. The molecule has 0 atom stereocenters. The van der Waals surface area contributed by atoms with E-state index in [4.69, 9.17) is 9.47 Å². The Morgan fingerprint density at radius 3 is 2.12 bits per heavy atom. The summed E-state index contributed by atoms with van der Waals surface area (Å²) < 4.78 is 11.0. The Balaban J connectivity index is 1.73. The minimum atomic E-state index is -0.390. The van der Waals surface area contributed by atoms with Crippen molar-refractivity contribution in [1.82, 2.24) is 10.2 Å². The Morgan fingerprint density at radius 2 is 1.62 bits per heavy atom.